The normalized spacial score (nSPS) is 16.0. The summed E-state index contributed by atoms with van der Waals surface area (Å²) in [6.07, 6.45) is 6.08. The Morgan fingerprint density at radius 1 is 1.33 bits per heavy atom. The first-order valence-electron chi connectivity index (χ1n) is 6.86. The van der Waals surface area contributed by atoms with Gasteiger partial charge in [-0.25, -0.2) is 5.43 Å². The molecule has 1 aromatic rings. The van der Waals surface area contributed by atoms with Crippen molar-refractivity contribution in [1.82, 2.24) is 5.43 Å². The lowest BCUT2D eigenvalue weighted by Gasteiger charge is -2.19. The summed E-state index contributed by atoms with van der Waals surface area (Å²) in [4.78, 5) is 21.9. The fraction of sp³-hybridized carbons (Fsp3) is 0.429. The third-order valence-corrected chi connectivity index (χ3v) is 3.56. The zero-order valence-corrected chi connectivity index (χ0v) is 11.4. The summed E-state index contributed by atoms with van der Waals surface area (Å²) in [5.74, 6) is -0.576. The van der Waals surface area contributed by atoms with Gasteiger partial charge in [0.25, 0.3) is 5.69 Å². The van der Waals surface area contributed by atoms with E-state index in [9.17, 15) is 20.0 Å². The highest BCUT2D eigenvalue weighted by Crippen LogP contribution is 2.23. The van der Waals surface area contributed by atoms with Gasteiger partial charge in [-0.3, -0.25) is 14.9 Å². The van der Waals surface area contributed by atoms with Crippen LogP contribution in [0.25, 0.3) is 0 Å². The Balaban J connectivity index is 1.99. The maximum atomic E-state index is 11.8. The molecule has 0 spiro atoms. The van der Waals surface area contributed by atoms with Crippen molar-refractivity contribution in [3.63, 3.8) is 0 Å². The number of nitro groups is 1. The first-order valence-corrected chi connectivity index (χ1v) is 6.86. The Kier molecular flexibility index (Phi) is 4.86. The Morgan fingerprint density at radius 3 is 2.71 bits per heavy atom. The number of hydrazone groups is 1. The number of hydrogen-bond donors (Lipinski definition) is 1. The topological polar surface area (TPSA) is 108 Å². The fourth-order valence-corrected chi connectivity index (χ4v) is 2.37. The third-order valence-electron chi connectivity index (χ3n) is 3.56. The number of nitrogens with one attached hydrogen (secondary N) is 1. The van der Waals surface area contributed by atoms with Gasteiger partial charge < -0.3 is 5.11 Å². The van der Waals surface area contributed by atoms with Crippen molar-refractivity contribution in [3.8, 4) is 5.75 Å². The van der Waals surface area contributed by atoms with Gasteiger partial charge in [0.1, 0.15) is 0 Å². The predicted molar refractivity (Wildman–Crippen MR) is 74.9 cm³/mol. The summed E-state index contributed by atoms with van der Waals surface area (Å²) in [5.41, 5.74) is 2.29. The molecule has 1 fully saturated rings. The Labute approximate surface area is 121 Å². The molecule has 7 heteroatoms. The maximum Gasteiger partial charge on any atom is 0.270 e. The van der Waals surface area contributed by atoms with Crippen molar-refractivity contribution in [3.05, 3.63) is 33.9 Å². The number of nitrogens with zero attached hydrogens (tertiary/aromatic N) is 2. The monoisotopic (exact) mass is 290 g/mol. The molecule has 2 rings (SSSR count). The standard InChI is InChI=1S/C14H17N3O4/c18-13-7-6-12(17(20)21)8-11(13)9-15-16-14(19)10-4-2-1-3-5-10/h6-10,18H,1-5H2,(H,16,19)/p-1/b15-9-. The van der Waals surface area contributed by atoms with Crippen molar-refractivity contribution in [2.45, 2.75) is 32.1 Å². The first kappa shape index (κ1) is 15.0. The molecule has 0 atom stereocenters. The van der Waals surface area contributed by atoms with Gasteiger partial charge in [0.2, 0.25) is 5.91 Å². The highest BCUT2D eigenvalue weighted by molar-refractivity contribution is 5.86. The summed E-state index contributed by atoms with van der Waals surface area (Å²) in [6.45, 7) is 0. The molecule has 1 amide bonds. The number of nitro benzene ring substituents is 1. The van der Waals surface area contributed by atoms with E-state index in [1.165, 1.54) is 0 Å². The van der Waals surface area contributed by atoms with Crippen LogP contribution in [0.2, 0.25) is 0 Å². The van der Waals surface area contributed by atoms with Gasteiger partial charge in [-0.05, 0) is 18.4 Å². The van der Waals surface area contributed by atoms with Crippen LogP contribution < -0.4 is 10.5 Å². The van der Waals surface area contributed by atoms with Crippen LogP contribution in [-0.2, 0) is 4.79 Å². The van der Waals surface area contributed by atoms with Crippen LogP contribution in [0.4, 0.5) is 5.69 Å². The third kappa shape index (κ3) is 4.01. The Morgan fingerprint density at radius 2 is 2.05 bits per heavy atom. The van der Waals surface area contributed by atoms with E-state index in [2.05, 4.69) is 10.5 Å². The van der Waals surface area contributed by atoms with Crippen molar-refractivity contribution in [2.24, 2.45) is 11.0 Å². The largest absolute Gasteiger partial charge is 0.872 e. The SMILES string of the molecule is O=C(N/N=C\c1cc([N+](=O)[O-])ccc1[O-])C1CCCCC1. The molecule has 0 aliphatic heterocycles. The summed E-state index contributed by atoms with van der Waals surface area (Å²) in [6, 6.07) is 3.39. The van der Waals surface area contributed by atoms with E-state index < -0.39 is 4.92 Å². The van der Waals surface area contributed by atoms with Crippen LogP contribution in [0, 0.1) is 16.0 Å². The lowest BCUT2D eigenvalue weighted by molar-refractivity contribution is -0.385. The summed E-state index contributed by atoms with van der Waals surface area (Å²) < 4.78 is 0. The van der Waals surface area contributed by atoms with Crippen LogP contribution >= 0.6 is 0 Å². The average molecular weight is 290 g/mol. The number of carbonyl (C=O) groups excluding carboxylic acids is 1. The molecule has 0 unspecified atom stereocenters. The first-order chi connectivity index (χ1) is 10.1. The minimum absolute atomic E-state index is 0.0345. The second-order valence-electron chi connectivity index (χ2n) is 5.05. The number of rotatable bonds is 4. The van der Waals surface area contributed by atoms with E-state index in [-0.39, 0.29) is 28.8 Å². The van der Waals surface area contributed by atoms with Gasteiger partial charge in [-0.1, -0.05) is 31.1 Å². The lowest BCUT2D eigenvalue weighted by Crippen LogP contribution is -2.28. The van der Waals surface area contributed by atoms with Crippen LogP contribution in [0.3, 0.4) is 0 Å². The molecule has 7 nitrogen and oxygen atoms in total. The predicted octanol–water partition coefficient (Wildman–Crippen LogP) is 1.70. The molecule has 1 N–H and O–H groups in total. The van der Waals surface area contributed by atoms with E-state index in [1.807, 2.05) is 0 Å². The number of non-ortho nitro benzene ring substituents is 1. The van der Waals surface area contributed by atoms with Crippen molar-refractivity contribution >= 4 is 17.8 Å². The minimum atomic E-state index is -0.586. The molecular formula is C14H16N3O4-. The van der Waals surface area contributed by atoms with Gasteiger partial charge in [-0.15, -0.1) is 0 Å². The number of carbonyl (C=O) groups is 1. The summed E-state index contributed by atoms with van der Waals surface area (Å²) in [5, 5.41) is 25.9. The van der Waals surface area contributed by atoms with Crippen LogP contribution in [0.15, 0.2) is 23.3 Å². The van der Waals surface area contributed by atoms with Gasteiger partial charge in [0.05, 0.1) is 11.1 Å². The van der Waals surface area contributed by atoms with Crippen molar-refractivity contribution in [1.29, 1.82) is 0 Å². The van der Waals surface area contributed by atoms with Gasteiger partial charge in [0.15, 0.2) is 0 Å². The second kappa shape index (κ2) is 6.83. The molecule has 112 valence electrons. The Hall–Kier alpha value is -2.44. The summed E-state index contributed by atoms with van der Waals surface area (Å²) in [7, 11) is 0. The second-order valence-corrected chi connectivity index (χ2v) is 5.05. The van der Waals surface area contributed by atoms with Crippen molar-refractivity contribution in [2.75, 3.05) is 0 Å². The zero-order valence-electron chi connectivity index (χ0n) is 11.4. The van der Waals surface area contributed by atoms with E-state index in [4.69, 9.17) is 0 Å². The molecule has 0 heterocycles. The van der Waals surface area contributed by atoms with E-state index in [0.717, 1.165) is 56.5 Å². The van der Waals surface area contributed by atoms with Crippen LogP contribution in [0.5, 0.6) is 5.75 Å². The molecule has 21 heavy (non-hydrogen) atoms. The molecule has 1 saturated carbocycles. The molecule has 0 radical (unpaired) electrons. The number of amides is 1. The highest BCUT2D eigenvalue weighted by Gasteiger charge is 2.20. The van der Waals surface area contributed by atoms with Crippen LogP contribution in [-0.4, -0.2) is 17.0 Å². The number of benzene rings is 1. The average Bonchev–Trinajstić information content (AvgIpc) is 2.49. The van der Waals surface area contributed by atoms with E-state index >= 15 is 0 Å². The van der Waals surface area contributed by atoms with Gasteiger partial charge in [-0.2, -0.15) is 5.10 Å². The lowest BCUT2D eigenvalue weighted by atomic mass is 9.89. The minimum Gasteiger partial charge on any atom is -0.872 e. The smallest absolute Gasteiger partial charge is 0.270 e. The quantitative estimate of drug-likeness (QED) is 0.517. The summed E-state index contributed by atoms with van der Waals surface area (Å²) >= 11 is 0. The van der Waals surface area contributed by atoms with E-state index in [1.54, 1.807) is 0 Å². The number of hydrogen-bond acceptors (Lipinski definition) is 5. The molecule has 1 aromatic carbocycles. The molecule has 0 saturated heterocycles. The molecule has 1 aliphatic carbocycles. The zero-order chi connectivity index (χ0) is 15.2. The van der Waals surface area contributed by atoms with Crippen molar-refractivity contribution < 1.29 is 14.8 Å². The maximum absolute atomic E-state index is 11.8. The molecule has 0 bridgehead atoms. The Bertz CT molecular complexity index is 565. The highest BCUT2D eigenvalue weighted by atomic mass is 16.6. The van der Waals surface area contributed by atoms with E-state index in [0.29, 0.717) is 0 Å². The molecule has 0 aromatic heterocycles. The van der Waals surface area contributed by atoms with Gasteiger partial charge in [0, 0.05) is 18.1 Å². The molecule has 1 aliphatic rings. The van der Waals surface area contributed by atoms with Gasteiger partial charge >= 0.3 is 0 Å². The fourth-order valence-electron chi connectivity index (χ4n) is 2.37. The van der Waals surface area contributed by atoms with Crippen LogP contribution in [0.1, 0.15) is 37.7 Å². The molecular weight excluding hydrogens is 274 g/mol.